The number of thiazole rings is 1. The molecule has 2 aromatic rings. The molecule has 1 aliphatic heterocycles. The van der Waals surface area contributed by atoms with Crippen molar-refractivity contribution in [3.05, 3.63) is 22.5 Å². The van der Waals surface area contributed by atoms with Gasteiger partial charge in [-0.2, -0.15) is 13.2 Å². The van der Waals surface area contributed by atoms with Gasteiger partial charge in [-0.3, -0.25) is 9.48 Å². The second kappa shape index (κ2) is 10.6. The first-order valence-corrected chi connectivity index (χ1v) is 10.5. The number of alkyl halides is 3. The number of carbonyl (C=O) groups excluding carboxylic acids is 1. The maximum absolute atomic E-state index is 12.7. The van der Waals surface area contributed by atoms with Gasteiger partial charge in [-0.15, -0.1) is 5.10 Å². The molecule has 3 N–H and O–H groups in total. The number of rotatable bonds is 5. The number of nitrogens with zero attached hydrogens (tertiary/aromatic N) is 5. The Morgan fingerprint density at radius 2 is 2.06 bits per heavy atom. The van der Waals surface area contributed by atoms with Gasteiger partial charge in [-0.1, -0.05) is 29.9 Å². The average Bonchev–Trinajstić information content (AvgIpc) is 3.26. The number of nitrogens with two attached hydrogens (primary N) is 1. The second-order valence-corrected chi connectivity index (χ2v) is 8.24. The SMILES string of the molecule is CCCc1cn(CC2CCCN(C(=O)c3sc(N)nc3C)C2)nn1.O=C(O)C(F)(F)F. The summed E-state index contributed by atoms with van der Waals surface area (Å²) in [5.41, 5.74) is 7.49. The minimum Gasteiger partial charge on any atom is -0.475 e. The normalized spacial score (nSPS) is 16.5. The van der Waals surface area contributed by atoms with E-state index < -0.39 is 12.1 Å². The van der Waals surface area contributed by atoms with Gasteiger partial charge in [-0.05, 0) is 32.1 Å². The molecule has 3 heterocycles. The molecule has 0 spiro atoms. The van der Waals surface area contributed by atoms with Crippen LogP contribution in [-0.2, 0) is 17.8 Å². The molecule has 1 unspecified atom stereocenters. The monoisotopic (exact) mass is 462 g/mol. The van der Waals surface area contributed by atoms with Crippen LogP contribution < -0.4 is 5.73 Å². The van der Waals surface area contributed by atoms with Gasteiger partial charge in [0.1, 0.15) is 4.88 Å². The molecule has 13 heteroatoms. The summed E-state index contributed by atoms with van der Waals surface area (Å²) >= 11 is 1.28. The van der Waals surface area contributed by atoms with Crippen molar-refractivity contribution in [3.63, 3.8) is 0 Å². The molecular formula is C18H25F3N6O3S. The molecule has 0 aliphatic carbocycles. The Balaban J connectivity index is 0.000000423. The minimum absolute atomic E-state index is 0.0525. The number of aliphatic carboxylic acids is 1. The van der Waals surface area contributed by atoms with Gasteiger partial charge in [0.15, 0.2) is 5.13 Å². The summed E-state index contributed by atoms with van der Waals surface area (Å²) in [6, 6.07) is 0. The zero-order valence-corrected chi connectivity index (χ0v) is 18.0. The van der Waals surface area contributed by atoms with Crippen LogP contribution in [0.2, 0.25) is 0 Å². The smallest absolute Gasteiger partial charge is 0.475 e. The number of amides is 1. The summed E-state index contributed by atoms with van der Waals surface area (Å²) < 4.78 is 33.7. The fourth-order valence-electron chi connectivity index (χ4n) is 3.22. The van der Waals surface area contributed by atoms with Crippen LogP contribution in [0.4, 0.5) is 18.3 Å². The van der Waals surface area contributed by atoms with Gasteiger partial charge in [0, 0.05) is 25.8 Å². The number of aryl methyl sites for hydroxylation is 2. The van der Waals surface area contributed by atoms with Crippen LogP contribution in [-0.4, -0.2) is 61.1 Å². The van der Waals surface area contributed by atoms with Crippen molar-refractivity contribution in [2.24, 2.45) is 5.92 Å². The summed E-state index contributed by atoms with van der Waals surface area (Å²) in [5.74, 6) is -2.30. The summed E-state index contributed by atoms with van der Waals surface area (Å²) in [7, 11) is 0. The fourth-order valence-corrected chi connectivity index (χ4v) is 4.02. The lowest BCUT2D eigenvalue weighted by atomic mass is 9.98. The quantitative estimate of drug-likeness (QED) is 0.699. The molecule has 31 heavy (non-hydrogen) atoms. The van der Waals surface area contributed by atoms with E-state index in [9.17, 15) is 18.0 Å². The molecule has 1 fully saturated rings. The van der Waals surface area contributed by atoms with E-state index in [-0.39, 0.29) is 5.91 Å². The Bertz CT molecular complexity index is 898. The maximum atomic E-state index is 12.7. The molecule has 0 saturated carbocycles. The van der Waals surface area contributed by atoms with Crippen molar-refractivity contribution in [2.75, 3.05) is 18.8 Å². The lowest BCUT2D eigenvalue weighted by Crippen LogP contribution is -2.41. The zero-order valence-electron chi connectivity index (χ0n) is 17.2. The number of hydrogen-bond acceptors (Lipinski definition) is 7. The maximum Gasteiger partial charge on any atom is 0.490 e. The molecule has 0 bridgehead atoms. The number of carboxylic acids is 1. The van der Waals surface area contributed by atoms with Crippen molar-refractivity contribution in [1.82, 2.24) is 24.9 Å². The number of carboxylic acid groups (broad SMARTS) is 1. The molecular weight excluding hydrogens is 437 g/mol. The minimum atomic E-state index is -5.08. The van der Waals surface area contributed by atoms with Crippen molar-refractivity contribution in [3.8, 4) is 0 Å². The third-order valence-electron chi connectivity index (χ3n) is 4.59. The highest BCUT2D eigenvalue weighted by atomic mass is 32.1. The largest absolute Gasteiger partial charge is 0.490 e. The molecule has 3 rings (SSSR count). The third kappa shape index (κ3) is 7.19. The fraction of sp³-hybridized carbons (Fsp3) is 0.611. The van der Waals surface area contributed by atoms with E-state index in [0.717, 1.165) is 56.7 Å². The molecule has 2 aromatic heterocycles. The summed E-state index contributed by atoms with van der Waals surface area (Å²) in [4.78, 5) is 28.4. The lowest BCUT2D eigenvalue weighted by molar-refractivity contribution is -0.192. The predicted octanol–water partition coefficient (Wildman–Crippen LogP) is 2.76. The van der Waals surface area contributed by atoms with E-state index in [0.29, 0.717) is 15.9 Å². The summed E-state index contributed by atoms with van der Waals surface area (Å²) in [6.07, 6.45) is 1.10. The molecule has 1 aliphatic rings. The van der Waals surface area contributed by atoms with Gasteiger partial charge < -0.3 is 15.7 Å². The van der Waals surface area contributed by atoms with Crippen molar-refractivity contribution < 1.29 is 27.9 Å². The average molecular weight is 462 g/mol. The van der Waals surface area contributed by atoms with Gasteiger partial charge in [0.25, 0.3) is 5.91 Å². The highest BCUT2D eigenvalue weighted by molar-refractivity contribution is 7.17. The molecule has 0 radical (unpaired) electrons. The van der Waals surface area contributed by atoms with Gasteiger partial charge >= 0.3 is 12.1 Å². The Morgan fingerprint density at radius 3 is 2.61 bits per heavy atom. The van der Waals surface area contributed by atoms with E-state index in [1.165, 1.54) is 11.3 Å². The van der Waals surface area contributed by atoms with Gasteiger partial charge in [0.2, 0.25) is 0 Å². The molecule has 1 amide bonds. The number of carbonyl (C=O) groups is 2. The number of anilines is 1. The van der Waals surface area contributed by atoms with Crippen LogP contribution in [0.3, 0.4) is 0 Å². The number of piperidine rings is 1. The topological polar surface area (TPSA) is 127 Å². The van der Waals surface area contributed by atoms with E-state index >= 15 is 0 Å². The highest BCUT2D eigenvalue weighted by Gasteiger charge is 2.38. The Labute approximate surface area is 181 Å². The first-order valence-electron chi connectivity index (χ1n) is 9.72. The Morgan fingerprint density at radius 1 is 1.39 bits per heavy atom. The van der Waals surface area contributed by atoms with Crippen LogP contribution >= 0.6 is 11.3 Å². The van der Waals surface area contributed by atoms with Crippen LogP contribution in [0, 0.1) is 12.8 Å². The number of aromatic nitrogens is 4. The van der Waals surface area contributed by atoms with Gasteiger partial charge in [-0.25, -0.2) is 9.78 Å². The number of hydrogen-bond donors (Lipinski definition) is 2. The molecule has 1 saturated heterocycles. The standard InChI is InChI=1S/C16H24N6OS.C2HF3O2/c1-3-5-13-10-22(20-19-13)9-12-6-4-7-21(8-12)15(23)14-11(2)18-16(17)24-14;3-2(4,5)1(6)7/h10,12H,3-9H2,1-2H3,(H2,17,18);(H,6,7). The van der Waals surface area contributed by atoms with Crippen molar-refractivity contribution in [1.29, 1.82) is 0 Å². The van der Waals surface area contributed by atoms with Crippen LogP contribution in [0.1, 0.15) is 47.2 Å². The van der Waals surface area contributed by atoms with Crippen LogP contribution in [0.15, 0.2) is 6.20 Å². The van der Waals surface area contributed by atoms with E-state index in [4.69, 9.17) is 15.6 Å². The van der Waals surface area contributed by atoms with Crippen molar-refractivity contribution >= 4 is 28.3 Å². The Hall–Kier alpha value is -2.70. The summed E-state index contributed by atoms with van der Waals surface area (Å²) in [5, 5.41) is 16.0. The van der Waals surface area contributed by atoms with E-state index in [1.807, 2.05) is 22.7 Å². The van der Waals surface area contributed by atoms with Crippen molar-refractivity contribution in [2.45, 2.75) is 52.3 Å². The molecule has 172 valence electrons. The zero-order chi connectivity index (χ0) is 23.2. The first-order chi connectivity index (χ1) is 14.5. The number of halogens is 3. The summed E-state index contributed by atoms with van der Waals surface area (Å²) in [6.45, 7) is 6.33. The second-order valence-electron chi connectivity index (χ2n) is 7.21. The highest BCUT2D eigenvalue weighted by Crippen LogP contribution is 2.25. The van der Waals surface area contributed by atoms with E-state index in [2.05, 4.69) is 22.2 Å². The number of nitrogen functional groups attached to an aromatic ring is 1. The van der Waals surface area contributed by atoms with E-state index in [1.54, 1.807) is 0 Å². The Kier molecular flexibility index (Phi) is 8.36. The molecule has 1 atom stereocenters. The lowest BCUT2D eigenvalue weighted by Gasteiger charge is -2.32. The predicted molar refractivity (Wildman–Crippen MR) is 108 cm³/mol. The first kappa shape index (κ1) is 24.6. The van der Waals surface area contributed by atoms with Crippen LogP contribution in [0.25, 0.3) is 0 Å². The number of likely N-dealkylation sites (tertiary alicyclic amines) is 1. The molecule has 0 aromatic carbocycles. The van der Waals surface area contributed by atoms with Gasteiger partial charge in [0.05, 0.1) is 11.4 Å². The third-order valence-corrected chi connectivity index (χ3v) is 5.57. The molecule has 9 nitrogen and oxygen atoms in total. The van der Waals surface area contributed by atoms with Crippen LogP contribution in [0.5, 0.6) is 0 Å².